The molecule has 0 heterocycles. The van der Waals surface area contributed by atoms with Gasteiger partial charge in [-0.05, 0) is 43.2 Å². The maximum Gasteiger partial charge on any atom is 0.243 e. The summed E-state index contributed by atoms with van der Waals surface area (Å²) in [6.07, 6.45) is 0.118. The quantitative estimate of drug-likeness (QED) is 0.718. The smallest absolute Gasteiger partial charge is 0.243 e. The molecule has 0 unspecified atom stereocenters. The minimum atomic E-state index is -4.15. The van der Waals surface area contributed by atoms with Crippen LogP contribution in [0.4, 0.5) is 18.9 Å². The number of benzene rings is 2. The molecule has 0 aliphatic carbocycles. The van der Waals surface area contributed by atoms with E-state index in [4.69, 9.17) is 0 Å². The third-order valence-corrected chi connectivity index (χ3v) is 5.02. The van der Waals surface area contributed by atoms with Gasteiger partial charge in [-0.3, -0.25) is 4.79 Å². The van der Waals surface area contributed by atoms with E-state index in [1.165, 1.54) is 18.2 Å². The maximum absolute atomic E-state index is 13.5. The highest BCUT2D eigenvalue weighted by Gasteiger charge is 2.19. The highest BCUT2D eigenvalue weighted by molar-refractivity contribution is 7.89. The van der Waals surface area contributed by atoms with Gasteiger partial charge in [0.1, 0.15) is 22.3 Å². The second kappa shape index (κ2) is 8.33. The van der Waals surface area contributed by atoms with Gasteiger partial charge >= 0.3 is 0 Å². The summed E-state index contributed by atoms with van der Waals surface area (Å²) >= 11 is 0. The van der Waals surface area contributed by atoms with Gasteiger partial charge in [0, 0.05) is 24.7 Å². The van der Waals surface area contributed by atoms with Gasteiger partial charge in [-0.15, -0.1) is 0 Å². The Bertz CT molecular complexity index is 917. The van der Waals surface area contributed by atoms with Crippen molar-refractivity contribution in [3.8, 4) is 0 Å². The minimum Gasteiger partial charge on any atom is -0.326 e. The number of hydrogen-bond acceptors (Lipinski definition) is 3. The summed E-state index contributed by atoms with van der Waals surface area (Å²) < 4.78 is 65.6. The van der Waals surface area contributed by atoms with Gasteiger partial charge in [-0.1, -0.05) is 6.07 Å². The predicted octanol–water partition coefficient (Wildman–Crippen LogP) is 3.11. The van der Waals surface area contributed by atoms with Crippen molar-refractivity contribution in [2.75, 3.05) is 11.9 Å². The molecule has 2 aromatic rings. The SMILES string of the molecule is Cc1ccc(F)cc1NC(=O)CCCNS(=O)(=O)c1ccc(F)cc1F. The van der Waals surface area contributed by atoms with E-state index in [0.717, 1.165) is 12.1 Å². The summed E-state index contributed by atoms with van der Waals surface area (Å²) in [6, 6.07) is 6.13. The molecule has 0 aliphatic rings. The van der Waals surface area contributed by atoms with E-state index >= 15 is 0 Å². The molecule has 0 saturated heterocycles. The van der Waals surface area contributed by atoms with Crippen LogP contribution in [0.1, 0.15) is 18.4 Å². The Balaban J connectivity index is 1.86. The standard InChI is InChI=1S/C17H17F3N2O3S/c1-11-4-5-13(19)10-15(11)22-17(23)3-2-8-21-26(24,25)16-7-6-12(18)9-14(16)20/h4-7,9-10,21H,2-3,8H2,1H3,(H,22,23). The second-order valence-corrected chi connectivity index (χ2v) is 7.32. The molecule has 0 aliphatic heterocycles. The summed E-state index contributed by atoms with van der Waals surface area (Å²) in [5, 5.41) is 2.54. The monoisotopic (exact) mass is 386 g/mol. The van der Waals surface area contributed by atoms with E-state index in [-0.39, 0.29) is 19.4 Å². The molecule has 2 rings (SSSR count). The first-order chi connectivity index (χ1) is 12.2. The van der Waals surface area contributed by atoms with Gasteiger partial charge in [0.25, 0.3) is 0 Å². The van der Waals surface area contributed by atoms with E-state index in [1.54, 1.807) is 6.92 Å². The molecule has 5 nitrogen and oxygen atoms in total. The molecular formula is C17H17F3N2O3S. The largest absolute Gasteiger partial charge is 0.326 e. The first-order valence-corrected chi connectivity index (χ1v) is 9.18. The van der Waals surface area contributed by atoms with Gasteiger partial charge in [0.2, 0.25) is 15.9 Å². The van der Waals surface area contributed by atoms with Gasteiger partial charge in [-0.25, -0.2) is 26.3 Å². The number of sulfonamides is 1. The Morgan fingerprint density at radius 2 is 1.69 bits per heavy atom. The van der Waals surface area contributed by atoms with Gasteiger partial charge in [0.05, 0.1) is 0 Å². The van der Waals surface area contributed by atoms with Crippen LogP contribution >= 0.6 is 0 Å². The molecule has 9 heteroatoms. The van der Waals surface area contributed by atoms with Crippen molar-refractivity contribution in [1.29, 1.82) is 0 Å². The summed E-state index contributed by atoms with van der Waals surface area (Å²) in [5.74, 6) is -2.98. The molecule has 0 radical (unpaired) electrons. The Kier molecular flexibility index (Phi) is 6.38. The number of carbonyl (C=O) groups is 1. The zero-order chi connectivity index (χ0) is 19.3. The topological polar surface area (TPSA) is 75.3 Å². The Labute approximate surface area is 149 Å². The number of aryl methyl sites for hydroxylation is 1. The Morgan fingerprint density at radius 1 is 1.04 bits per heavy atom. The maximum atomic E-state index is 13.5. The molecule has 2 N–H and O–H groups in total. The van der Waals surface area contributed by atoms with Gasteiger partial charge < -0.3 is 5.32 Å². The third-order valence-electron chi connectivity index (χ3n) is 3.53. The molecule has 0 atom stereocenters. The lowest BCUT2D eigenvalue weighted by Crippen LogP contribution is -2.26. The molecule has 1 amide bonds. The van der Waals surface area contributed by atoms with Crippen molar-refractivity contribution in [1.82, 2.24) is 4.72 Å². The molecule has 2 aromatic carbocycles. The summed E-state index contributed by atoms with van der Waals surface area (Å²) in [5.41, 5.74) is 1.02. The summed E-state index contributed by atoms with van der Waals surface area (Å²) in [4.78, 5) is 11.2. The van der Waals surface area contributed by atoms with Gasteiger partial charge in [-0.2, -0.15) is 0 Å². The fourth-order valence-electron chi connectivity index (χ4n) is 2.17. The molecule has 0 saturated carbocycles. The molecule has 140 valence electrons. The third kappa shape index (κ3) is 5.30. The van der Waals surface area contributed by atoms with E-state index in [0.29, 0.717) is 17.3 Å². The van der Waals surface area contributed by atoms with Crippen molar-refractivity contribution in [2.45, 2.75) is 24.7 Å². The number of carbonyl (C=O) groups excluding carboxylic acids is 1. The van der Waals surface area contributed by atoms with Crippen LogP contribution in [-0.4, -0.2) is 20.9 Å². The van der Waals surface area contributed by atoms with Crippen LogP contribution in [0.5, 0.6) is 0 Å². The van der Waals surface area contributed by atoms with Crippen molar-refractivity contribution in [3.63, 3.8) is 0 Å². The van der Waals surface area contributed by atoms with Crippen molar-refractivity contribution in [3.05, 3.63) is 59.4 Å². The first-order valence-electron chi connectivity index (χ1n) is 7.70. The molecule has 0 fully saturated rings. The Hall–Kier alpha value is -2.39. The minimum absolute atomic E-state index is 0.0234. The Morgan fingerprint density at radius 3 is 2.38 bits per heavy atom. The van der Waals surface area contributed by atoms with Crippen LogP contribution in [0, 0.1) is 24.4 Å². The van der Waals surface area contributed by atoms with Crippen LogP contribution in [0.25, 0.3) is 0 Å². The number of anilines is 1. The number of hydrogen-bond donors (Lipinski definition) is 2. The van der Waals surface area contributed by atoms with Crippen molar-refractivity contribution < 1.29 is 26.4 Å². The van der Waals surface area contributed by atoms with Crippen molar-refractivity contribution >= 4 is 21.6 Å². The molecule has 0 spiro atoms. The van der Waals surface area contributed by atoms with Crippen LogP contribution in [0.15, 0.2) is 41.3 Å². The molecule has 0 aromatic heterocycles. The molecule has 0 bridgehead atoms. The molecular weight excluding hydrogens is 369 g/mol. The number of amides is 1. The zero-order valence-corrected chi connectivity index (χ0v) is 14.7. The van der Waals surface area contributed by atoms with Crippen LogP contribution in [0.3, 0.4) is 0 Å². The fourth-order valence-corrected chi connectivity index (χ4v) is 3.30. The zero-order valence-electron chi connectivity index (χ0n) is 13.9. The lowest BCUT2D eigenvalue weighted by molar-refractivity contribution is -0.116. The first kappa shape index (κ1) is 19.9. The van der Waals surface area contributed by atoms with E-state index in [2.05, 4.69) is 10.0 Å². The number of nitrogens with one attached hydrogen (secondary N) is 2. The lowest BCUT2D eigenvalue weighted by Gasteiger charge is -2.09. The summed E-state index contributed by atoms with van der Waals surface area (Å²) in [6.45, 7) is 1.59. The second-order valence-electron chi connectivity index (χ2n) is 5.58. The normalized spacial score (nSPS) is 11.4. The fraction of sp³-hybridized carbons (Fsp3) is 0.235. The highest BCUT2D eigenvalue weighted by atomic mass is 32.2. The number of rotatable bonds is 7. The summed E-state index contributed by atoms with van der Waals surface area (Å²) in [7, 11) is -4.15. The average molecular weight is 386 g/mol. The van der Waals surface area contributed by atoms with Crippen LogP contribution in [0.2, 0.25) is 0 Å². The van der Waals surface area contributed by atoms with E-state index in [9.17, 15) is 26.4 Å². The van der Waals surface area contributed by atoms with Gasteiger partial charge in [0.15, 0.2) is 0 Å². The highest BCUT2D eigenvalue weighted by Crippen LogP contribution is 2.17. The van der Waals surface area contributed by atoms with Crippen molar-refractivity contribution in [2.24, 2.45) is 0 Å². The molecule has 26 heavy (non-hydrogen) atoms. The van der Waals surface area contributed by atoms with Crippen LogP contribution < -0.4 is 10.0 Å². The average Bonchev–Trinajstić information content (AvgIpc) is 2.54. The predicted molar refractivity (Wildman–Crippen MR) is 90.5 cm³/mol. The lowest BCUT2D eigenvalue weighted by atomic mass is 10.2. The van der Waals surface area contributed by atoms with E-state index in [1.807, 2.05) is 0 Å². The van der Waals surface area contributed by atoms with Crippen LogP contribution in [-0.2, 0) is 14.8 Å². The number of halogens is 3. The van der Waals surface area contributed by atoms with E-state index < -0.39 is 38.3 Å².